The van der Waals surface area contributed by atoms with Crippen molar-refractivity contribution in [2.45, 2.75) is 31.8 Å². The maximum atomic E-state index is 12.5. The van der Waals surface area contributed by atoms with E-state index in [0.717, 1.165) is 41.1 Å². The number of fused-ring (bicyclic) bond motifs is 3. The lowest BCUT2D eigenvalue weighted by atomic mass is 9.82. The summed E-state index contributed by atoms with van der Waals surface area (Å²) in [5.41, 5.74) is 4.40. The molecule has 0 spiro atoms. The van der Waals surface area contributed by atoms with E-state index in [0.29, 0.717) is 6.42 Å². The number of ether oxygens (including phenoxy) is 1. The van der Waals surface area contributed by atoms with Crippen LogP contribution in [0.3, 0.4) is 0 Å². The molecule has 0 radical (unpaired) electrons. The average molecular weight is 366 g/mol. The minimum absolute atomic E-state index is 0.0102. The van der Waals surface area contributed by atoms with Gasteiger partial charge in [0.15, 0.2) is 0 Å². The summed E-state index contributed by atoms with van der Waals surface area (Å²) in [5.74, 6) is 1.26. The van der Waals surface area contributed by atoms with Gasteiger partial charge in [-0.15, -0.1) is 0 Å². The molecular formula is C22H26N2O3. The SMILES string of the molecule is CCC(=O)N1CC[C@@H]2[C@H]1c1cc(-c3ccc(OC)cc3)ccc1N[C@@H]2CO. The summed E-state index contributed by atoms with van der Waals surface area (Å²) in [7, 11) is 1.66. The third-order valence-electron chi connectivity index (χ3n) is 5.92. The molecular weight excluding hydrogens is 340 g/mol. The Morgan fingerprint density at radius 3 is 2.63 bits per heavy atom. The molecule has 5 nitrogen and oxygen atoms in total. The molecule has 2 aromatic rings. The monoisotopic (exact) mass is 366 g/mol. The van der Waals surface area contributed by atoms with Crippen molar-refractivity contribution in [3.05, 3.63) is 48.0 Å². The Hall–Kier alpha value is -2.53. The maximum absolute atomic E-state index is 12.5. The number of aliphatic hydroxyl groups excluding tert-OH is 1. The Labute approximate surface area is 160 Å². The van der Waals surface area contributed by atoms with E-state index >= 15 is 0 Å². The van der Waals surface area contributed by atoms with E-state index in [9.17, 15) is 9.90 Å². The van der Waals surface area contributed by atoms with Crippen LogP contribution in [0.25, 0.3) is 11.1 Å². The quantitative estimate of drug-likeness (QED) is 0.870. The molecule has 0 saturated carbocycles. The zero-order valence-corrected chi connectivity index (χ0v) is 15.8. The number of hydrogen-bond acceptors (Lipinski definition) is 4. The smallest absolute Gasteiger partial charge is 0.222 e. The molecule has 1 saturated heterocycles. The summed E-state index contributed by atoms with van der Waals surface area (Å²) in [5, 5.41) is 13.3. The summed E-state index contributed by atoms with van der Waals surface area (Å²) in [6.45, 7) is 2.75. The lowest BCUT2D eigenvalue weighted by molar-refractivity contribution is -0.132. The van der Waals surface area contributed by atoms with Gasteiger partial charge in [0.2, 0.25) is 5.91 Å². The highest BCUT2D eigenvalue weighted by atomic mass is 16.5. The molecule has 2 aromatic carbocycles. The largest absolute Gasteiger partial charge is 0.497 e. The zero-order valence-electron chi connectivity index (χ0n) is 15.8. The Morgan fingerprint density at radius 2 is 1.96 bits per heavy atom. The molecule has 27 heavy (non-hydrogen) atoms. The third kappa shape index (κ3) is 3.06. The van der Waals surface area contributed by atoms with Gasteiger partial charge in [0.25, 0.3) is 0 Å². The standard InChI is InChI=1S/C22H26N2O3/c1-3-21(26)24-11-10-17-20(13-25)23-19-9-6-15(12-18(19)22(17)24)14-4-7-16(27-2)8-5-14/h4-9,12,17,20,22-23,25H,3,10-11,13H2,1-2H3/t17-,20+,22-/m0/s1. The summed E-state index contributed by atoms with van der Waals surface area (Å²) < 4.78 is 5.25. The number of likely N-dealkylation sites (tertiary alicyclic amines) is 1. The van der Waals surface area contributed by atoms with E-state index in [1.54, 1.807) is 7.11 Å². The second-order valence-corrected chi connectivity index (χ2v) is 7.30. The van der Waals surface area contributed by atoms with Gasteiger partial charge in [-0.25, -0.2) is 0 Å². The molecule has 0 aliphatic carbocycles. The predicted octanol–water partition coefficient (Wildman–Crippen LogP) is 3.45. The summed E-state index contributed by atoms with van der Waals surface area (Å²) in [4.78, 5) is 14.5. The van der Waals surface area contributed by atoms with E-state index in [1.165, 1.54) is 0 Å². The number of amides is 1. The Morgan fingerprint density at radius 1 is 1.22 bits per heavy atom. The fourth-order valence-electron chi connectivity index (χ4n) is 4.51. The Balaban J connectivity index is 1.76. The number of carbonyl (C=O) groups is 1. The van der Waals surface area contributed by atoms with Gasteiger partial charge < -0.3 is 20.1 Å². The Bertz CT molecular complexity index is 834. The van der Waals surface area contributed by atoms with Crippen molar-refractivity contribution in [3.8, 4) is 16.9 Å². The molecule has 1 fully saturated rings. The van der Waals surface area contributed by atoms with Crippen LogP contribution >= 0.6 is 0 Å². The maximum Gasteiger partial charge on any atom is 0.222 e. The second-order valence-electron chi connectivity index (χ2n) is 7.30. The molecule has 2 aliphatic rings. The van der Waals surface area contributed by atoms with Crippen molar-refractivity contribution < 1.29 is 14.6 Å². The van der Waals surface area contributed by atoms with Gasteiger partial charge in [-0.05, 0) is 47.4 Å². The molecule has 3 atom stereocenters. The van der Waals surface area contributed by atoms with E-state index in [1.807, 2.05) is 24.0 Å². The van der Waals surface area contributed by atoms with Gasteiger partial charge in [0.05, 0.1) is 25.8 Å². The van der Waals surface area contributed by atoms with Crippen LogP contribution in [0.4, 0.5) is 5.69 Å². The van der Waals surface area contributed by atoms with Crippen molar-refractivity contribution in [2.24, 2.45) is 5.92 Å². The lowest BCUT2D eigenvalue weighted by Crippen LogP contribution is -2.42. The van der Waals surface area contributed by atoms with Crippen molar-refractivity contribution >= 4 is 11.6 Å². The number of aliphatic hydroxyl groups is 1. The first-order valence-electron chi connectivity index (χ1n) is 9.61. The van der Waals surface area contributed by atoms with Gasteiger partial charge in [0, 0.05) is 24.6 Å². The summed E-state index contributed by atoms with van der Waals surface area (Å²) >= 11 is 0. The molecule has 142 valence electrons. The van der Waals surface area contributed by atoms with Crippen LogP contribution in [0.5, 0.6) is 5.75 Å². The number of nitrogens with one attached hydrogen (secondary N) is 1. The van der Waals surface area contributed by atoms with Gasteiger partial charge >= 0.3 is 0 Å². The van der Waals surface area contributed by atoms with Gasteiger partial charge in [-0.2, -0.15) is 0 Å². The first-order valence-corrected chi connectivity index (χ1v) is 9.61. The lowest BCUT2D eigenvalue weighted by Gasteiger charge is -2.39. The topological polar surface area (TPSA) is 61.8 Å². The van der Waals surface area contributed by atoms with Gasteiger partial charge in [-0.3, -0.25) is 4.79 Å². The third-order valence-corrected chi connectivity index (χ3v) is 5.92. The van der Waals surface area contributed by atoms with E-state index in [-0.39, 0.29) is 30.5 Å². The number of anilines is 1. The minimum Gasteiger partial charge on any atom is -0.497 e. The summed E-state index contributed by atoms with van der Waals surface area (Å²) in [6, 6.07) is 14.4. The molecule has 5 heteroatoms. The fourth-order valence-corrected chi connectivity index (χ4v) is 4.51. The van der Waals surface area contributed by atoms with Crippen molar-refractivity contribution in [1.29, 1.82) is 0 Å². The van der Waals surface area contributed by atoms with Crippen LogP contribution in [0.1, 0.15) is 31.4 Å². The molecule has 4 rings (SSSR count). The first-order chi connectivity index (χ1) is 13.2. The van der Waals surface area contributed by atoms with Crippen LogP contribution in [-0.4, -0.2) is 42.2 Å². The highest BCUT2D eigenvalue weighted by Crippen LogP contribution is 2.47. The average Bonchev–Trinajstić information content (AvgIpc) is 3.18. The van der Waals surface area contributed by atoms with Crippen molar-refractivity contribution in [3.63, 3.8) is 0 Å². The zero-order chi connectivity index (χ0) is 19.0. The summed E-state index contributed by atoms with van der Waals surface area (Å²) in [6.07, 6.45) is 1.43. The minimum atomic E-state index is -0.0102. The molecule has 0 unspecified atom stereocenters. The molecule has 2 aliphatic heterocycles. The number of benzene rings is 2. The number of nitrogens with zero attached hydrogens (tertiary/aromatic N) is 1. The second kappa shape index (κ2) is 7.24. The number of carbonyl (C=O) groups excluding carboxylic acids is 1. The molecule has 0 aromatic heterocycles. The molecule has 1 amide bonds. The van der Waals surface area contributed by atoms with Crippen LogP contribution < -0.4 is 10.1 Å². The van der Waals surface area contributed by atoms with Gasteiger partial charge in [-0.1, -0.05) is 25.1 Å². The number of hydrogen-bond donors (Lipinski definition) is 2. The number of rotatable bonds is 4. The van der Waals surface area contributed by atoms with Crippen LogP contribution in [0.2, 0.25) is 0 Å². The van der Waals surface area contributed by atoms with E-state index < -0.39 is 0 Å². The van der Waals surface area contributed by atoms with Gasteiger partial charge in [0.1, 0.15) is 5.75 Å². The normalized spacial score (nSPS) is 23.4. The Kier molecular flexibility index (Phi) is 4.79. The van der Waals surface area contributed by atoms with Crippen molar-refractivity contribution in [1.82, 2.24) is 4.90 Å². The molecule has 2 N–H and O–H groups in total. The highest BCUT2D eigenvalue weighted by molar-refractivity contribution is 5.78. The number of methoxy groups -OCH3 is 1. The van der Waals surface area contributed by atoms with Crippen LogP contribution in [0, 0.1) is 5.92 Å². The van der Waals surface area contributed by atoms with Crippen molar-refractivity contribution in [2.75, 3.05) is 25.6 Å². The van der Waals surface area contributed by atoms with Crippen LogP contribution in [-0.2, 0) is 4.79 Å². The molecule has 0 bridgehead atoms. The first kappa shape index (κ1) is 17.9. The van der Waals surface area contributed by atoms with Crippen LogP contribution in [0.15, 0.2) is 42.5 Å². The van der Waals surface area contributed by atoms with E-state index in [2.05, 4.69) is 35.6 Å². The van der Waals surface area contributed by atoms with E-state index in [4.69, 9.17) is 4.74 Å². The molecule has 2 heterocycles. The fraction of sp³-hybridized carbons (Fsp3) is 0.409. The predicted molar refractivity (Wildman–Crippen MR) is 106 cm³/mol. The highest BCUT2D eigenvalue weighted by Gasteiger charge is 2.45.